The van der Waals surface area contributed by atoms with Crippen LogP contribution in [0.2, 0.25) is 5.02 Å². The Bertz CT molecular complexity index is 402. The summed E-state index contributed by atoms with van der Waals surface area (Å²) in [4.78, 5) is 0. The molecule has 19 heavy (non-hydrogen) atoms. The number of hydrogen-bond donors (Lipinski definition) is 2. The monoisotopic (exact) mass is 280 g/mol. The molecule has 0 aliphatic heterocycles. The molecule has 1 aliphatic carbocycles. The Labute approximate surface area is 121 Å². The molecule has 1 aromatic rings. The van der Waals surface area contributed by atoms with Gasteiger partial charge in [-0.1, -0.05) is 38.3 Å². The van der Waals surface area contributed by atoms with E-state index in [9.17, 15) is 0 Å². The lowest BCUT2D eigenvalue weighted by Crippen LogP contribution is -2.49. The summed E-state index contributed by atoms with van der Waals surface area (Å²) >= 11 is 5.94. The fraction of sp³-hybridized carbons (Fsp3) is 0.625. The van der Waals surface area contributed by atoms with Gasteiger partial charge in [-0.2, -0.15) is 0 Å². The Balaban J connectivity index is 2.11. The molecule has 2 nitrogen and oxygen atoms in total. The van der Waals surface area contributed by atoms with Crippen LogP contribution in [0.1, 0.15) is 39.5 Å². The van der Waals surface area contributed by atoms with E-state index in [4.69, 9.17) is 17.3 Å². The van der Waals surface area contributed by atoms with E-state index in [1.165, 1.54) is 19.3 Å². The van der Waals surface area contributed by atoms with Crippen molar-refractivity contribution in [1.29, 1.82) is 0 Å². The van der Waals surface area contributed by atoms with Gasteiger partial charge in [-0.05, 0) is 48.9 Å². The molecule has 1 aliphatic rings. The Morgan fingerprint density at radius 3 is 2.63 bits per heavy atom. The summed E-state index contributed by atoms with van der Waals surface area (Å²) in [5.41, 5.74) is 7.27. The number of nitrogens with two attached hydrogens (primary N) is 1. The van der Waals surface area contributed by atoms with E-state index >= 15 is 0 Å². The predicted octanol–water partition coefficient (Wildman–Crippen LogP) is 4.30. The molecule has 2 rings (SSSR count). The van der Waals surface area contributed by atoms with Crippen molar-refractivity contribution < 1.29 is 0 Å². The first-order valence-electron chi connectivity index (χ1n) is 7.28. The second-order valence-corrected chi connectivity index (χ2v) is 6.65. The predicted molar refractivity (Wildman–Crippen MR) is 83.7 cm³/mol. The van der Waals surface area contributed by atoms with Crippen molar-refractivity contribution in [2.75, 3.05) is 11.9 Å². The van der Waals surface area contributed by atoms with Crippen molar-refractivity contribution in [2.24, 2.45) is 17.6 Å². The number of anilines is 1. The maximum atomic E-state index is 6.09. The van der Waals surface area contributed by atoms with E-state index in [2.05, 4.69) is 19.2 Å². The molecule has 2 atom stereocenters. The second-order valence-electron chi connectivity index (χ2n) is 6.22. The molecule has 0 aromatic heterocycles. The van der Waals surface area contributed by atoms with Gasteiger partial charge in [0, 0.05) is 22.8 Å². The third-order valence-electron chi connectivity index (χ3n) is 4.47. The van der Waals surface area contributed by atoms with Crippen LogP contribution in [0.3, 0.4) is 0 Å². The number of nitrogens with one attached hydrogen (secondary N) is 1. The smallest absolute Gasteiger partial charge is 0.0498 e. The lowest BCUT2D eigenvalue weighted by molar-refractivity contribution is 0.203. The Morgan fingerprint density at radius 2 is 2.05 bits per heavy atom. The third-order valence-corrected chi connectivity index (χ3v) is 4.72. The van der Waals surface area contributed by atoms with Gasteiger partial charge in [0.05, 0.1) is 0 Å². The molecular weight excluding hydrogens is 256 g/mol. The minimum atomic E-state index is 0.0566. The van der Waals surface area contributed by atoms with E-state index < -0.39 is 0 Å². The average molecular weight is 281 g/mol. The third kappa shape index (κ3) is 3.64. The summed E-state index contributed by atoms with van der Waals surface area (Å²) in [5.74, 6) is 1.51. The van der Waals surface area contributed by atoms with Gasteiger partial charge in [0.1, 0.15) is 0 Å². The van der Waals surface area contributed by atoms with Crippen molar-refractivity contribution >= 4 is 17.3 Å². The van der Waals surface area contributed by atoms with Crippen LogP contribution in [0, 0.1) is 11.8 Å². The van der Waals surface area contributed by atoms with Crippen molar-refractivity contribution in [2.45, 2.75) is 45.1 Å². The maximum Gasteiger partial charge on any atom is 0.0498 e. The molecule has 0 radical (unpaired) electrons. The molecule has 106 valence electrons. The largest absolute Gasteiger partial charge is 0.378 e. The minimum Gasteiger partial charge on any atom is -0.378 e. The van der Waals surface area contributed by atoms with Crippen LogP contribution < -0.4 is 11.1 Å². The van der Waals surface area contributed by atoms with E-state index in [0.717, 1.165) is 29.0 Å². The molecule has 0 saturated heterocycles. The highest BCUT2D eigenvalue weighted by Gasteiger charge is 2.36. The summed E-state index contributed by atoms with van der Waals surface area (Å²) in [6.07, 6.45) is 4.93. The minimum absolute atomic E-state index is 0.0566. The molecule has 0 bridgehead atoms. The highest BCUT2D eigenvalue weighted by molar-refractivity contribution is 6.30. The van der Waals surface area contributed by atoms with Crippen molar-refractivity contribution in [1.82, 2.24) is 0 Å². The number of benzene rings is 1. The SMILES string of the molecule is CC(C)C1CCCC(CN)(Nc2ccc(Cl)cc2)C1. The fourth-order valence-electron chi connectivity index (χ4n) is 3.17. The van der Waals surface area contributed by atoms with Gasteiger partial charge in [0.15, 0.2) is 0 Å². The van der Waals surface area contributed by atoms with Gasteiger partial charge in [0.25, 0.3) is 0 Å². The van der Waals surface area contributed by atoms with Crippen LogP contribution in [0.4, 0.5) is 5.69 Å². The first-order valence-corrected chi connectivity index (χ1v) is 7.66. The molecule has 3 N–H and O–H groups in total. The zero-order valence-electron chi connectivity index (χ0n) is 12.0. The molecule has 2 unspecified atom stereocenters. The van der Waals surface area contributed by atoms with Gasteiger partial charge in [0.2, 0.25) is 0 Å². The van der Waals surface area contributed by atoms with E-state index in [-0.39, 0.29) is 5.54 Å². The Hall–Kier alpha value is -0.730. The summed E-state index contributed by atoms with van der Waals surface area (Å²) < 4.78 is 0. The van der Waals surface area contributed by atoms with Crippen LogP contribution in [0.25, 0.3) is 0 Å². The van der Waals surface area contributed by atoms with Crippen LogP contribution in [0.5, 0.6) is 0 Å². The van der Waals surface area contributed by atoms with Crippen LogP contribution in [-0.4, -0.2) is 12.1 Å². The topological polar surface area (TPSA) is 38.0 Å². The fourth-order valence-corrected chi connectivity index (χ4v) is 3.29. The molecule has 1 saturated carbocycles. The van der Waals surface area contributed by atoms with Crippen LogP contribution >= 0.6 is 11.6 Å². The first kappa shape index (κ1) is 14.7. The summed E-state index contributed by atoms with van der Waals surface area (Å²) in [6, 6.07) is 7.94. The van der Waals surface area contributed by atoms with E-state index in [0.29, 0.717) is 6.54 Å². The van der Waals surface area contributed by atoms with E-state index in [1.54, 1.807) is 0 Å². The van der Waals surface area contributed by atoms with Gasteiger partial charge in [-0.3, -0.25) is 0 Å². The lowest BCUT2D eigenvalue weighted by Gasteiger charge is -2.43. The van der Waals surface area contributed by atoms with Gasteiger partial charge < -0.3 is 11.1 Å². The van der Waals surface area contributed by atoms with Crippen molar-refractivity contribution in [3.8, 4) is 0 Å². The van der Waals surface area contributed by atoms with Crippen molar-refractivity contribution in [3.05, 3.63) is 29.3 Å². The molecule has 0 heterocycles. The average Bonchev–Trinajstić information content (AvgIpc) is 2.42. The molecule has 0 spiro atoms. The second kappa shape index (κ2) is 6.15. The summed E-state index contributed by atoms with van der Waals surface area (Å²) in [6.45, 7) is 5.33. The highest BCUT2D eigenvalue weighted by atomic mass is 35.5. The number of halogens is 1. The van der Waals surface area contributed by atoms with Crippen LogP contribution in [0.15, 0.2) is 24.3 Å². The molecule has 1 fully saturated rings. The molecule has 1 aromatic carbocycles. The first-order chi connectivity index (χ1) is 9.04. The molecule has 3 heteroatoms. The molecular formula is C16H25ClN2. The highest BCUT2D eigenvalue weighted by Crippen LogP contribution is 2.38. The zero-order valence-corrected chi connectivity index (χ0v) is 12.7. The number of hydrogen-bond acceptors (Lipinski definition) is 2. The lowest BCUT2D eigenvalue weighted by atomic mass is 9.71. The van der Waals surface area contributed by atoms with Gasteiger partial charge in [-0.15, -0.1) is 0 Å². The standard InChI is InChI=1S/C16H25ClN2/c1-12(2)13-4-3-9-16(10-13,11-18)19-15-7-5-14(17)6-8-15/h5-8,12-13,19H,3-4,9-11,18H2,1-2H3. The summed E-state index contributed by atoms with van der Waals surface area (Å²) in [7, 11) is 0. The van der Waals surface area contributed by atoms with Gasteiger partial charge in [-0.25, -0.2) is 0 Å². The number of rotatable bonds is 4. The Morgan fingerprint density at radius 1 is 1.37 bits per heavy atom. The normalized spacial score (nSPS) is 27.5. The van der Waals surface area contributed by atoms with Gasteiger partial charge >= 0.3 is 0 Å². The molecule has 0 amide bonds. The van der Waals surface area contributed by atoms with Crippen molar-refractivity contribution in [3.63, 3.8) is 0 Å². The quantitative estimate of drug-likeness (QED) is 0.863. The maximum absolute atomic E-state index is 6.09. The summed E-state index contributed by atoms with van der Waals surface area (Å²) in [5, 5.41) is 4.45. The zero-order chi connectivity index (χ0) is 13.9. The Kier molecular flexibility index (Phi) is 4.75. The van der Waals surface area contributed by atoms with E-state index in [1.807, 2.05) is 24.3 Å². The van der Waals surface area contributed by atoms with Crippen LogP contribution in [-0.2, 0) is 0 Å².